The average molecular weight is 586 g/mol. The summed E-state index contributed by atoms with van der Waals surface area (Å²) in [6.07, 6.45) is 6.10. The van der Waals surface area contributed by atoms with E-state index in [0.717, 1.165) is 52.8 Å². The van der Waals surface area contributed by atoms with Gasteiger partial charge in [0.1, 0.15) is 12.3 Å². The number of aromatic carboxylic acids is 1. The number of hydrogen-bond donors (Lipinski definition) is 2. The Morgan fingerprint density at radius 1 is 0.929 bits per heavy atom. The number of carboxylic acid groups (broad SMARTS) is 1. The standard InChI is InChI=1S/C34H35N3O4.ClH/c1-24-18-25(2)20-30(19-24)34(22-29-21-28(32(38)39)11-12-31(29)36-34)37(17-7-6-8-26-13-15-35-16-14-26)33(40)41-23-27-9-4-3-5-10-27;/h3-5,9-16,18-21,36H,6-8,17,22-23H2,1-2H3,(H,38,39);1H. The number of nitrogens with zero attached hydrogens (tertiary/aromatic N) is 2. The van der Waals surface area contributed by atoms with E-state index < -0.39 is 17.7 Å². The Hall–Kier alpha value is -4.36. The molecule has 0 aliphatic carbocycles. The van der Waals surface area contributed by atoms with E-state index in [1.807, 2.05) is 56.3 Å². The van der Waals surface area contributed by atoms with Crippen LogP contribution in [0.25, 0.3) is 0 Å². The van der Waals surface area contributed by atoms with E-state index in [-0.39, 0.29) is 24.6 Å². The van der Waals surface area contributed by atoms with Gasteiger partial charge in [-0.2, -0.15) is 0 Å². The number of fused-ring (bicyclic) bond motifs is 1. The molecule has 218 valence electrons. The zero-order valence-corrected chi connectivity index (χ0v) is 24.7. The lowest BCUT2D eigenvalue weighted by atomic mass is 9.90. The van der Waals surface area contributed by atoms with Gasteiger partial charge in [-0.05, 0) is 85.7 Å². The van der Waals surface area contributed by atoms with Crippen molar-refractivity contribution in [2.45, 2.75) is 51.8 Å². The van der Waals surface area contributed by atoms with Crippen LogP contribution in [0.5, 0.6) is 0 Å². The summed E-state index contributed by atoms with van der Waals surface area (Å²) >= 11 is 0. The molecule has 4 aromatic rings. The molecule has 2 heterocycles. The van der Waals surface area contributed by atoms with E-state index in [0.29, 0.717) is 13.0 Å². The lowest BCUT2D eigenvalue weighted by molar-refractivity contribution is 0.0539. The highest BCUT2D eigenvalue weighted by molar-refractivity contribution is 5.89. The molecule has 5 rings (SSSR count). The van der Waals surface area contributed by atoms with Gasteiger partial charge in [-0.25, -0.2) is 9.59 Å². The largest absolute Gasteiger partial charge is 0.478 e. The molecule has 1 aromatic heterocycles. The highest BCUT2D eigenvalue weighted by Gasteiger charge is 2.47. The molecule has 1 atom stereocenters. The highest BCUT2D eigenvalue weighted by Crippen LogP contribution is 2.43. The monoisotopic (exact) mass is 585 g/mol. The van der Waals surface area contributed by atoms with Crippen molar-refractivity contribution in [3.63, 3.8) is 0 Å². The molecule has 2 N–H and O–H groups in total. The molecule has 0 saturated heterocycles. The average Bonchev–Trinajstić information content (AvgIpc) is 3.36. The van der Waals surface area contributed by atoms with Gasteiger partial charge in [0.25, 0.3) is 0 Å². The fraction of sp³-hybridized carbons (Fsp3) is 0.265. The molecule has 0 saturated carbocycles. The van der Waals surface area contributed by atoms with Gasteiger partial charge < -0.3 is 15.2 Å². The second-order valence-corrected chi connectivity index (χ2v) is 10.7. The third-order valence-corrected chi connectivity index (χ3v) is 7.57. The smallest absolute Gasteiger partial charge is 0.412 e. The first-order chi connectivity index (χ1) is 19.8. The van der Waals surface area contributed by atoms with E-state index in [4.69, 9.17) is 4.74 Å². The molecule has 0 spiro atoms. The van der Waals surface area contributed by atoms with Gasteiger partial charge in [0.2, 0.25) is 0 Å². The maximum Gasteiger partial charge on any atom is 0.412 e. The second kappa shape index (κ2) is 13.5. The lowest BCUT2D eigenvalue weighted by Gasteiger charge is -2.42. The number of hydrogen-bond acceptors (Lipinski definition) is 5. The van der Waals surface area contributed by atoms with Gasteiger partial charge in [-0.3, -0.25) is 9.88 Å². The minimum absolute atomic E-state index is 0. The lowest BCUT2D eigenvalue weighted by Crippen LogP contribution is -2.54. The highest BCUT2D eigenvalue weighted by atomic mass is 35.5. The van der Waals surface area contributed by atoms with Crippen LogP contribution in [0.1, 0.15) is 56.6 Å². The van der Waals surface area contributed by atoms with Crippen molar-refractivity contribution in [3.8, 4) is 0 Å². The number of aryl methyl sites for hydroxylation is 3. The van der Waals surface area contributed by atoms with Crippen LogP contribution in [0, 0.1) is 13.8 Å². The number of halogens is 1. The Morgan fingerprint density at radius 3 is 2.33 bits per heavy atom. The zero-order valence-electron chi connectivity index (χ0n) is 23.9. The Bertz CT molecular complexity index is 1510. The molecule has 1 unspecified atom stereocenters. The van der Waals surface area contributed by atoms with Crippen molar-refractivity contribution in [2.75, 3.05) is 11.9 Å². The van der Waals surface area contributed by atoms with Crippen LogP contribution < -0.4 is 5.32 Å². The van der Waals surface area contributed by atoms with Gasteiger partial charge in [-0.1, -0.05) is 59.7 Å². The number of carboxylic acids is 1. The molecular formula is C34H36ClN3O4. The summed E-state index contributed by atoms with van der Waals surface area (Å²) < 4.78 is 5.93. The number of benzene rings is 3. The normalized spacial score (nSPS) is 15.2. The van der Waals surface area contributed by atoms with E-state index in [1.54, 1.807) is 35.5 Å². The van der Waals surface area contributed by atoms with Crippen molar-refractivity contribution in [1.82, 2.24) is 9.88 Å². The van der Waals surface area contributed by atoms with Gasteiger partial charge in [0.15, 0.2) is 0 Å². The third-order valence-electron chi connectivity index (χ3n) is 7.57. The zero-order chi connectivity index (χ0) is 28.8. The fourth-order valence-electron chi connectivity index (χ4n) is 5.63. The molecule has 1 amide bonds. The third kappa shape index (κ3) is 6.92. The number of ether oxygens (including phenoxy) is 1. The van der Waals surface area contributed by atoms with E-state index in [9.17, 15) is 14.7 Å². The number of carbonyl (C=O) groups is 2. The molecule has 0 bridgehead atoms. The van der Waals surface area contributed by atoms with Gasteiger partial charge in [0.05, 0.1) is 5.56 Å². The first kappa shape index (κ1) is 30.6. The quantitative estimate of drug-likeness (QED) is 0.190. The predicted molar refractivity (Wildman–Crippen MR) is 166 cm³/mol. The van der Waals surface area contributed by atoms with Crippen LogP contribution in [-0.4, -0.2) is 33.6 Å². The Kier molecular flexibility index (Phi) is 9.86. The topological polar surface area (TPSA) is 91.8 Å². The van der Waals surface area contributed by atoms with Crippen LogP contribution in [0.4, 0.5) is 10.5 Å². The summed E-state index contributed by atoms with van der Waals surface area (Å²) in [5.74, 6) is -0.980. The first-order valence-corrected chi connectivity index (χ1v) is 13.9. The van der Waals surface area contributed by atoms with Gasteiger partial charge in [-0.15, -0.1) is 12.4 Å². The Labute approximate surface area is 253 Å². The van der Waals surface area contributed by atoms with E-state index in [2.05, 4.69) is 28.5 Å². The SMILES string of the molecule is Cc1cc(C)cc(C2(N(CCCCc3ccncc3)C(=O)OCc3ccccc3)Cc3cc(C(=O)O)ccc3N2)c1.Cl. The molecule has 8 heteroatoms. The van der Waals surface area contributed by atoms with Crippen LogP contribution in [0.15, 0.2) is 91.3 Å². The Morgan fingerprint density at radius 2 is 1.64 bits per heavy atom. The molecular weight excluding hydrogens is 550 g/mol. The van der Waals surface area contributed by atoms with Crippen molar-refractivity contribution >= 4 is 30.2 Å². The molecule has 0 radical (unpaired) electrons. The maximum absolute atomic E-state index is 14.0. The summed E-state index contributed by atoms with van der Waals surface area (Å²) in [6, 6.07) is 25.1. The van der Waals surface area contributed by atoms with E-state index in [1.165, 1.54) is 5.56 Å². The number of carbonyl (C=O) groups excluding carboxylic acids is 1. The van der Waals surface area contributed by atoms with Crippen molar-refractivity contribution < 1.29 is 19.4 Å². The molecule has 7 nitrogen and oxygen atoms in total. The second-order valence-electron chi connectivity index (χ2n) is 10.7. The number of anilines is 1. The summed E-state index contributed by atoms with van der Waals surface area (Å²) in [7, 11) is 0. The number of rotatable bonds is 10. The number of aromatic nitrogens is 1. The molecule has 1 aliphatic heterocycles. The summed E-state index contributed by atoms with van der Waals surface area (Å²) in [6.45, 7) is 4.70. The van der Waals surface area contributed by atoms with Crippen LogP contribution in [0.3, 0.4) is 0 Å². The summed E-state index contributed by atoms with van der Waals surface area (Å²) in [5, 5.41) is 13.3. The number of unbranched alkanes of at least 4 members (excludes halogenated alkanes) is 1. The first-order valence-electron chi connectivity index (χ1n) is 13.9. The molecule has 1 aliphatic rings. The van der Waals surface area contributed by atoms with Crippen LogP contribution in [-0.2, 0) is 29.8 Å². The van der Waals surface area contributed by atoms with Crippen LogP contribution in [0.2, 0.25) is 0 Å². The number of nitrogens with one attached hydrogen (secondary N) is 1. The van der Waals surface area contributed by atoms with E-state index >= 15 is 0 Å². The number of amides is 1. The summed E-state index contributed by atoms with van der Waals surface area (Å²) in [4.78, 5) is 31.7. The molecule has 0 fully saturated rings. The van der Waals surface area contributed by atoms with Crippen LogP contribution >= 0.6 is 12.4 Å². The number of pyridine rings is 1. The fourth-order valence-corrected chi connectivity index (χ4v) is 5.63. The van der Waals surface area contributed by atoms with Gasteiger partial charge >= 0.3 is 12.1 Å². The molecule has 3 aromatic carbocycles. The minimum Gasteiger partial charge on any atom is -0.478 e. The molecule has 42 heavy (non-hydrogen) atoms. The maximum atomic E-state index is 14.0. The Balaban J connectivity index is 0.00000405. The predicted octanol–water partition coefficient (Wildman–Crippen LogP) is 7.30. The minimum atomic E-state index is -0.980. The van der Waals surface area contributed by atoms with Gasteiger partial charge in [0, 0.05) is 31.0 Å². The summed E-state index contributed by atoms with van der Waals surface area (Å²) in [5.41, 5.74) is 6.15. The van der Waals surface area contributed by atoms with Crippen molar-refractivity contribution in [2.24, 2.45) is 0 Å². The van der Waals surface area contributed by atoms with Crippen molar-refractivity contribution in [1.29, 1.82) is 0 Å². The van der Waals surface area contributed by atoms with Crippen molar-refractivity contribution in [3.05, 3.63) is 130 Å².